The molecule has 1 aliphatic rings. The molecule has 0 radical (unpaired) electrons. The van der Waals surface area contributed by atoms with E-state index in [1.54, 1.807) is 0 Å². The van der Waals surface area contributed by atoms with Gasteiger partial charge in [-0.3, -0.25) is 0 Å². The molecule has 27 heavy (non-hydrogen) atoms. The van der Waals surface area contributed by atoms with E-state index in [4.69, 9.17) is 11.6 Å². The number of benzene rings is 3. The summed E-state index contributed by atoms with van der Waals surface area (Å²) in [5, 5.41) is 0.771. The third-order valence-electron chi connectivity index (χ3n) is 6.95. The fraction of sp³-hybridized carbons (Fsp3) is 0.308. The van der Waals surface area contributed by atoms with E-state index in [-0.39, 0.29) is 10.8 Å². The molecule has 0 aliphatic heterocycles. The summed E-state index contributed by atoms with van der Waals surface area (Å²) in [6, 6.07) is 23.9. The van der Waals surface area contributed by atoms with Crippen LogP contribution in [-0.2, 0) is 10.8 Å². The third-order valence-corrected chi connectivity index (χ3v) is 7.20. The van der Waals surface area contributed by atoms with E-state index in [1.165, 1.54) is 33.4 Å². The van der Waals surface area contributed by atoms with Crippen LogP contribution in [0.1, 0.15) is 45.7 Å². The summed E-state index contributed by atoms with van der Waals surface area (Å²) in [5.41, 5.74) is 8.36. The molecule has 1 aliphatic carbocycles. The highest BCUT2D eigenvalue weighted by Crippen LogP contribution is 2.54. The first-order chi connectivity index (χ1) is 12.7. The lowest BCUT2D eigenvalue weighted by molar-refractivity contribution is 0.264. The molecule has 0 amide bonds. The summed E-state index contributed by atoms with van der Waals surface area (Å²) >= 11 is 6.04. The molecule has 4 rings (SSSR count). The molecule has 0 aromatic heterocycles. The maximum atomic E-state index is 6.04. The minimum absolute atomic E-state index is 0.183. The molecule has 0 heterocycles. The zero-order chi connectivity index (χ0) is 19.4. The van der Waals surface area contributed by atoms with Gasteiger partial charge in [0.25, 0.3) is 0 Å². The van der Waals surface area contributed by atoms with Crippen LogP contribution in [0.3, 0.4) is 0 Å². The van der Waals surface area contributed by atoms with Crippen LogP contribution in [0.5, 0.6) is 0 Å². The highest BCUT2D eigenvalue weighted by Gasteiger charge is 2.48. The van der Waals surface area contributed by atoms with Crippen LogP contribution < -0.4 is 0 Å². The van der Waals surface area contributed by atoms with Gasteiger partial charge in [0.15, 0.2) is 0 Å². The molecule has 0 fully saturated rings. The molecule has 0 spiro atoms. The number of hydrogen-bond acceptors (Lipinski definition) is 0. The summed E-state index contributed by atoms with van der Waals surface area (Å²) < 4.78 is 0. The van der Waals surface area contributed by atoms with Gasteiger partial charge in [-0.25, -0.2) is 0 Å². The standard InChI is InChI=1S/C26H27Cl/c1-17-25(2,3)23-14-11-21(16-24(23)26(17,4)5)20-8-6-7-19(15-20)18-9-12-22(27)13-10-18/h6-17H,1-5H3. The van der Waals surface area contributed by atoms with E-state index in [1.807, 2.05) is 12.1 Å². The van der Waals surface area contributed by atoms with Crippen molar-refractivity contribution in [3.05, 3.63) is 82.9 Å². The summed E-state index contributed by atoms with van der Waals surface area (Å²) in [6.07, 6.45) is 0. The zero-order valence-corrected chi connectivity index (χ0v) is 17.6. The van der Waals surface area contributed by atoms with Gasteiger partial charge < -0.3 is 0 Å². The molecule has 138 valence electrons. The number of fused-ring (bicyclic) bond motifs is 1. The van der Waals surface area contributed by atoms with Crippen LogP contribution in [0.2, 0.25) is 5.02 Å². The fourth-order valence-corrected chi connectivity index (χ4v) is 4.83. The lowest BCUT2D eigenvalue weighted by Gasteiger charge is -2.32. The van der Waals surface area contributed by atoms with Crippen molar-refractivity contribution in [1.29, 1.82) is 0 Å². The normalized spacial score (nSPS) is 19.7. The van der Waals surface area contributed by atoms with Gasteiger partial charge in [-0.05, 0) is 68.3 Å². The second-order valence-electron chi connectivity index (χ2n) is 9.01. The minimum Gasteiger partial charge on any atom is -0.0843 e. The maximum Gasteiger partial charge on any atom is 0.0406 e. The largest absolute Gasteiger partial charge is 0.0843 e. The van der Waals surface area contributed by atoms with E-state index in [2.05, 4.69) is 89.2 Å². The van der Waals surface area contributed by atoms with Crippen LogP contribution in [0.15, 0.2) is 66.7 Å². The van der Waals surface area contributed by atoms with Crippen molar-refractivity contribution in [2.24, 2.45) is 5.92 Å². The molecule has 1 unspecified atom stereocenters. The van der Waals surface area contributed by atoms with Crippen molar-refractivity contribution in [1.82, 2.24) is 0 Å². The van der Waals surface area contributed by atoms with Gasteiger partial charge in [0.05, 0.1) is 0 Å². The van der Waals surface area contributed by atoms with Gasteiger partial charge in [-0.2, -0.15) is 0 Å². The second-order valence-corrected chi connectivity index (χ2v) is 9.45. The third kappa shape index (κ3) is 2.91. The Morgan fingerprint density at radius 1 is 0.630 bits per heavy atom. The summed E-state index contributed by atoms with van der Waals surface area (Å²) in [6.45, 7) is 11.9. The van der Waals surface area contributed by atoms with Crippen molar-refractivity contribution >= 4 is 11.6 Å². The van der Waals surface area contributed by atoms with Crippen LogP contribution in [0.4, 0.5) is 0 Å². The van der Waals surface area contributed by atoms with Crippen LogP contribution in [0.25, 0.3) is 22.3 Å². The molecule has 3 aromatic rings. The number of halogens is 1. The average Bonchev–Trinajstić information content (AvgIpc) is 2.80. The van der Waals surface area contributed by atoms with Crippen LogP contribution in [-0.4, -0.2) is 0 Å². The second kappa shape index (κ2) is 6.24. The van der Waals surface area contributed by atoms with Gasteiger partial charge in [0.2, 0.25) is 0 Å². The first-order valence-electron chi connectivity index (χ1n) is 9.72. The highest BCUT2D eigenvalue weighted by atomic mass is 35.5. The molecular weight excluding hydrogens is 348 g/mol. The quantitative estimate of drug-likeness (QED) is 0.428. The Kier molecular flexibility index (Phi) is 4.24. The Morgan fingerprint density at radius 3 is 1.81 bits per heavy atom. The molecular formula is C26H27Cl. The van der Waals surface area contributed by atoms with E-state index in [0.717, 1.165) is 5.02 Å². The van der Waals surface area contributed by atoms with Gasteiger partial charge >= 0.3 is 0 Å². The summed E-state index contributed by atoms with van der Waals surface area (Å²) in [7, 11) is 0. The average molecular weight is 375 g/mol. The number of hydrogen-bond donors (Lipinski definition) is 0. The van der Waals surface area contributed by atoms with Gasteiger partial charge in [-0.15, -0.1) is 0 Å². The minimum atomic E-state index is 0.183. The van der Waals surface area contributed by atoms with Crippen LogP contribution in [0, 0.1) is 5.92 Å². The molecule has 1 heteroatoms. The Labute approximate surface area is 168 Å². The monoisotopic (exact) mass is 374 g/mol. The number of rotatable bonds is 2. The lowest BCUT2D eigenvalue weighted by Crippen LogP contribution is -2.30. The lowest BCUT2D eigenvalue weighted by atomic mass is 9.71. The van der Waals surface area contributed by atoms with E-state index in [0.29, 0.717) is 5.92 Å². The Balaban J connectivity index is 1.79. The molecule has 1 atom stereocenters. The maximum absolute atomic E-state index is 6.04. The summed E-state index contributed by atoms with van der Waals surface area (Å²) in [4.78, 5) is 0. The van der Waals surface area contributed by atoms with Crippen molar-refractivity contribution in [3.63, 3.8) is 0 Å². The highest BCUT2D eigenvalue weighted by molar-refractivity contribution is 6.30. The smallest absolute Gasteiger partial charge is 0.0406 e. The SMILES string of the molecule is CC1C(C)(C)c2ccc(-c3cccc(-c4ccc(Cl)cc4)c3)cc2C1(C)C. The molecule has 0 saturated carbocycles. The molecule has 0 bridgehead atoms. The van der Waals surface area contributed by atoms with Crippen molar-refractivity contribution in [2.45, 2.75) is 45.4 Å². The van der Waals surface area contributed by atoms with Crippen LogP contribution >= 0.6 is 11.6 Å². The Bertz CT molecular complexity index is 993. The Morgan fingerprint density at radius 2 is 1.15 bits per heavy atom. The van der Waals surface area contributed by atoms with Gasteiger partial charge in [-0.1, -0.05) is 94.8 Å². The van der Waals surface area contributed by atoms with E-state index < -0.39 is 0 Å². The zero-order valence-electron chi connectivity index (χ0n) is 16.8. The van der Waals surface area contributed by atoms with E-state index >= 15 is 0 Å². The first-order valence-corrected chi connectivity index (χ1v) is 10.1. The topological polar surface area (TPSA) is 0 Å². The van der Waals surface area contributed by atoms with Gasteiger partial charge in [0, 0.05) is 5.02 Å². The fourth-order valence-electron chi connectivity index (χ4n) is 4.71. The Hall–Kier alpha value is -2.05. The van der Waals surface area contributed by atoms with Crippen molar-refractivity contribution in [3.8, 4) is 22.3 Å². The molecule has 0 nitrogen and oxygen atoms in total. The van der Waals surface area contributed by atoms with E-state index in [9.17, 15) is 0 Å². The predicted octanol–water partition coefficient (Wildman–Crippen LogP) is 7.88. The first kappa shape index (κ1) is 18.3. The molecule has 0 saturated heterocycles. The molecule has 3 aromatic carbocycles. The van der Waals surface area contributed by atoms with Crippen molar-refractivity contribution in [2.75, 3.05) is 0 Å². The molecule has 0 N–H and O–H groups in total. The predicted molar refractivity (Wildman–Crippen MR) is 118 cm³/mol. The van der Waals surface area contributed by atoms with Crippen molar-refractivity contribution < 1.29 is 0 Å². The summed E-state index contributed by atoms with van der Waals surface area (Å²) in [5.74, 6) is 0.607. The van der Waals surface area contributed by atoms with Gasteiger partial charge in [0.1, 0.15) is 0 Å².